The van der Waals surface area contributed by atoms with Gasteiger partial charge in [-0.15, -0.1) is 0 Å². The highest BCUT2D eigenvalue weighted by atomic mass is 35.5. The van der Waals surface area contributed by atoms with E-state index in [0.29, 0.717) is 26.9 Å². The second kappa shape index (κ2) is 8.47. The molecule has 24 heavy (non-hydrogen) atoms. The minimum absolute atomic E-state index is 0.0683. The van der Waals surface area contributed by atoms with E-state index in [1.807, 2.05) is 0 Å². The third-order valence-electron chi connectivity index (χ3n) is 2.90. The first-order chi connectivity index (χ1) is 11.5. The standard InChI is InChI=1S/C17H13Cl2NO4/c1-2-23-16(21)17(22)24-20-15(11-3-7-13(18)8-4-11)12-5-9-14(19)10-6-12/h3-10H,2H2,1H3. The van der Waals surface area contributed by atoms with Crippen LogP contribution in [0.25, 0.3) is 0 Å². The number of rotatable bonds is 4. The zero-order valence-corrected chi connectivity index (χ0v) is 14.2. The normalized spacial score (nSPS) is 9.96. The van der Waals surface area contributed by atoms with Crippen LogP contribution in [-0.4, -0.2) is 24.3 Å². The molecule has 5 nitrogen and oxygen atoms in total. The van der Waals surface area contributed by atoms with E-state index in [4.69, 9.17) is 28.0 Å². The molecule has 0 aliphatic carbocycles. The van der Waals surface area contributed by atoms with Crippen LogP contribution in [0.15, 0.2) is 53.7 Å². The van der Waals surface area contributed by atoms with Crippen LogP contribution in [0.1, 0.15) is 18.1 Å². The van der Waals surface area contributed by atoms with E-state index < -0.39 is 11.9 Å². The fourth-order valence-corrected chi connectivity index (χ4v) is 2.05. The third-order valence-corrected chi connectivity index (χ3v) is 3.40. The summed E-state index contributed by atoms with van der Waals surface area (Å²) < 4.78 is 4.56. The van der Waals surface area contributed by atoms with Crippen molar-refractivity contribution in [3.8, 4) is 0 Å². The molecular weight excluding hydrogens is 353 g/mol. The summed E-state index contributed by atoms with van der Waals surface area (Å²) in [6, 6.07) is 13.6. The summed E-state index contributed by atoms with van der Waals surface area (Å²) in [6.45, 7) is 1.65. The molecule has 0 aliphatic heterocycles. The number of hydrogen-bond acceptors (Lipinski definition) is 5. The van der Waals surface area contributed by atoms with Crippen molar-refractivity contribution >= 4 is 40.9 Å². The SMILES string of the molecule is CCOC(=O)C(=O)ON=C(c1ccc(Cl)cc1)c1ccc(Cl)cc1. The molecule has 0 bridgehead atoms. The van der Waals surface area contributed by atoms with E-state index in [1.54, 1.807) is 55.5 Å². The second-order valence-electron chi connectivity index (χ2n) is 4.55. The summed E-state index contributed by atoms with van der Waals surface area (Å²) in [7, 11) is 0. The molecule has 0 atom stereocenters. The minimum atomic E-state index is -1.20. The summed E-state index contributed by atoms with van der Waals surface area (Å²) in [5, 5.41) is 4.91. The first-order valence-corrected chi connectivity index (χ1v) is 7.75. The summed E-state index contributed by atoms with van der Waals surface area (Å²) in [5.74, 6) is -2.30. The smallest absolute Gasteiger partial charge is 0.443 e. The Morgan fingerprint density at radius 1 is 0.875 bits per heavy atom. The van der Waals surface area contributed by atoms with E-state index in [2.05, 4.69) is 9.89 Å². The lowest BCUT2D eigenvalue weighted by Crippen LogP contribution is -2.19. The van der Waals surface area contributed by atoms with Crippen LogP contribution in [0.3, 0.4) is 0 Å². The third kappa shape index (κ3) is 4.81. The number of carbonyl (C=O) groups excluding carboxylic acids is 2. The van der Waals surface area contributed by atoms with Crippen LogP contribution in [0.5, 0.6) is 0 Å². The number of esters is 1. The molecule has 124 valence electrons. The van der Waals surface area contributed by atoms with Crippen LogP contribution in [0, 0.1) is 0 Å². The molecule has 2 aromatic rings. The Morgan fingerprint density at radius 3 is 1.75 bits per heavy atom. The van der Waals surface area contributed by atoms with E-state index in [1.165, 1.54) is 0 Å². The highest BCUT2D eigenvalue weighted by Gasteiger charge is 2.18. The Bertz CT molecular complexity index is 708. The zero-order chi connectivity index (χ0) is 17.5. The van der Waals surface area contributed by atoms with Gasteiger partial charge in [-0.3, -0.25) is 0 Å². The Balaban J connectivity index is 2.33. The average molecular weight is 366 g/mol. The molecule has 0 aromatic heterocycles. The van der Waals surface area contributed by atoms with E-state index in [0.717, 1.165) is 0 Å². The predicted octanol–water partition coefficient (Wildman–Crippen LogP) is 3.85. The summed E-state index contributed by atoms with van der Waals surface area (Å²) in [5.41, 5.74) is 1.65. The highest BCUT2D eigenvalue weighted by molar-refractivity contribution is 6.31. The van der Waals surface area contributed by atoms with Crippen molar-refractivity contribution in [3.63, 3.8) is 0 Å². The van der Waals surface area contributed by atoms with Crippen molar-refractivity contribution in [2.24, 2.45) is 5.16 Å². The average Bonchev–Trinajstić information content (AvgIpc) is 2.58. The van der Waals surface area contributed by atoms with Crippen molar-refractivity contribution in [3.05, 3.63) is 69.7 Å². The van der Waals surface area contributed by atoms with Crippen molar-refractivity contribution in [2.75, 3.05) is 6.61 Å². The topological polar surface area (TPSA) is 65.0 Å². The highest BCUT2D eigenvalue weighted by Crippen LogP contribution is 2.17. The van der Waals surface area contributed by atoms with E-state index >= 15 is 0 Å². The van der Waals surface area contributed by atoms with Gasteiger partial charge in [0.15, 0.2) is 0 Å². The maximum atomic E-state index is 11.6. The maximum absolute atomic E-state index is 11.6. The second-order valence-corrected chi connectivity index (χ2v) is 5.43. The Labute approximate surface area is 148 Å². The number of ether oxygens (including phenoxy) is 1. The zero-order valence-electron chi connectivity index (χ0n) is 12.7. The monoisotopic (exact) mass is 365 g/mol. The fraction of sp³-hybridized carbons (Fsp3) is 0.118. The lowest BCUT2D eigenvalue weighted by molar-refractivity contribution is -0.167. The van der Waals surface area contributed by atoms with Gasteiger partial charge in [0.2, 0.25) is 0 Å². The van der Waals surface area contributed by atoms with Crippen molar-refractivity contribution < 1.29 is 19.2 Å². The number of halogens is 2. The van der Waals surface area contributed by atoms with Gasteiger partial charge in [-0.05, 0) is 31.2 Å². The number of hydrogen-bond donors (Lipinski definition) is 0. The van der Waals surface area contributed by atoms with Crippen LogP contribution in [-0.2, 0) is 19.2 Å². The van der Waals surface area contributed by atoms with Crippen LogP contribution in [0.2, 0.25) is 10.0 Å². The molecule has 2 rings (SSSR count). The lowest BCUT2D eigenvalue weighted by Gasteiger charge is -2.07. The molecule has 0 radical (unpaired) electrons. The first-order valence-electron chi connectivity index (χ1n) is 6.99. The van der Waals surface area contributed by atoms with Gasteiger partial charge in [0.05, 0.1) is 6.61 Å². The van der Waals surface area contributed by atoms with Crippen LogP contribution in [0.4, 0.5) is 0 Å². The molecule has 0 spiro atoms. The molecular formula is C17H13Cl2NO4. The number of nitrogens with zero attached hydrogens (tertiary/aromatic N) is 1. The molecule has 0 N–H and O–H groups in total. The molecule has 7 heteroatoms. The molecule has 0 fully saturated rings. The van der Waals surface area contributed by atoms with Gasteiger partial charge in [-0.2, -0.15) is 0 Å². The summed E-state index contributed by atoms with van der Waals surface area (Å²) in [4.78, 5) is 27.6. The van der Waals surface area contributed by atoms with Gasteiger partial charge >= 0.3 is 11.9 Å². The van der Waals surface area contributed by atoms with Crippen molar-refractivity contribution in [2.45, 2.75) is 6.92 Å². The van der Waals surface area contributed by atoms with E-state index in [-0.39, 0.29) is 6.61 Å². The molecule has 0 amide bonds. The van der Waals surface area contributed by atoms with Gasteiger partial charge in [0.1, 0.15) is 5.71 Å². The summed E-state index contributed by atoms with van der Waals surface area (Å²) >= 11 is 11.8. The molecule has 0 saturated carbocycles. The molecule has 0 aliphatic rings. The number of benzene rings is 2. The first kappa shape index (κ1) is 18.0. The molecule has 0 saturated heterocycles. The van der Waals surface area contributed by atoms with Gasteiger partial charge in [0.25, 0.3) is 0 Å². The minimum Gasteiger partial charge on any atom is -0.458 e. The summed E-state index contributed by atoms with van der Waals surface area (Å²) in [6.07, 6.45) is 0. The van der Waals surface area contributed by atoms with Crippen molar-refractivity contribution in [1.29, 1.82) is 0 Å². The van der Waals surface area contributed by atoms with Gasteiger partial charge < -0.3 is 9.57 Å². The number of carbonyl (C=O) groups is 2. The van der Waals surface area contributed by atoms with Gasteiger partial charge in [0, 0.05) is 21.2 Å². The Kier molecular flexibility index (Phi) is 6.35. The molecule has 0 unspecified atom stereocenters. The van der Waals surface area contributed by atoms with Crippen LogP contribution < -0.4 is 0 Å². The van der Waals surface area contributed by atoms with Crippen molar-refractivity contribution in [1.82, 2.24) is 0 Å². The van der Waals surface area contributed by atoms with Gasteiger partial charge in [-0.1, -0.05) is 52.6 Å². The maximum Gasteiger partial charge on any atom is 0.443 e. The van der Waals surface area contributed by atoms with E-state index in [9.17, 15) is 9.59 Å². The Hall–Kier alpha value is -2.37. The largest absolute Gasteiger partial charge is 0.458 e. The molecule has 2 aromatic carbocycles. The van der Waals surface area contributed by atoms with Gasteiger partial charge in [-0.25, -0.2) is 9.59 Å². The predicted molar refractivity (Wildman–Crippen MR) is 91.3 cm³/mol. The Morgan fingerprint density at radius 2 is 1.33 bits per heavy atom. The number of oxime groups is 1. The lowest BCUT2D eigenvalue weighted by atomic mass is 10.0. The quantitative estimate of drug-likeness (QED) is 0.271. The van der Waals surface area contributed by atoms with Crippen LogP contribution >= 0.6 is 23.2 Å². The molecule has 0 heterocycles. The fourth-order valence-electron chi connectivity index (χ4n) is 1.80.